The molecule has 2 aromatic rings. The summed E-state index contributed by atoms with van der Waals surface area (Å²) in [5, 5.41) is 25.9. The van der Waals surface area contributed by atoms with Crippen molar-refractivity contribution in [3.05, 3.63) is 34.6 Å². The van der Waals surface area contributed by atoms with E-state index >= 15 is 0 Å². The van der Waals surface area contributed by atoms with Gasteiger partial charge in [-0.05, 0) is 28.1 Å². The molecule has 2 N–H and O–H groups in total. The quantitative estimate of drug-likeness (QED) is 0.835. The molecule has 0 aliphatic rings. The van der Waals surface area contributed by atoms with Crippen LogP contribution in [0.15, 0.2) is 33.2 Å². The maximum absolute atomic E-state index is 9.21. The summed E-state index contributed by atoms with van der Waals surface area (Å²) < 4.78 is 6.45. The van der Waals surface area contributed by atoms with Crippen LogP contribution in [0.3, 0.4) is 0 Å². The first kappa shape index (κ1) is 14.5. The van der Waals surface area contributed by atoms with Gasteiger partial charge in [-0.3, -0.25) is 0 Å². The Morgan fingerprint density at radius 3 is 2.84 bits per heavy atom. The zero-order chi connectivity index (χ0) is 13.7. The van der Waals surface area contributed by atoms with E-state index in [1.54, 1.807) is 0 Å². The fraction of sp³-hybridized carbons (Fsp3) is 0.333. The van der Waals surface area contributed by atoms with Crippen molar-refractivity contribution in [1.82, 2.24) is 10.2 Å². The minimum absolute atomic E-state index is 0.237. The van der Waals surface area contributed by atoms with Gasteiger partial charge in [0.05, 0.1) is 24.0 Å². The molecule has 1 heterocycles. The van der Waals surface area contributed by atoms with Gasteiger partial charge in [0.15, 0.2) is 0 Å². The molecule has 7 heteroatoms. The topological polar surface area (TPSA) is 79.4 Å². The van der Waals surface area contributed by atoms with Crippen molar-refractivity contribution in [2.45, 2.75) is 11.9 Å². The molecule has 1 aromatic carbocycles. The van der Waals surface area contributed by atoms with Gasteiger partial charge in [0.1, 0.15) is 0 Å². The predicted octanol–water partition coefficient (Wildman–Crippen LogP) is 2.09. The molecule has 0 bridgehead atoms. The smallest absolute Gasteiger partial charge is 0.248 e. The van der Waals surface area contributed by atoms with E-state index in [2.05, 4.69) is 26.1 Å². The van der Waals surface area contributed by atoms with E-state index in [0.29, 0.717) is 23.3 Å². The van der Waals surface area contributed by atoms with Crippen molar-refractivity contribution in [3.63, 3.8) is 0 Å². The number of hydrogen-bond acceptors (Lipinski definition) is 6. The van der Waals surface area contributed by atoms with Crippen LogP contribution in [0.2, 0.25) is 0 Å². The third-order valence-electron chi connectivity index (χ3n) is 2.32. The number of benzene rings is 1. The highest BCUT2D eigenvalue weighted by Gasteiger charge is 2.11. The molecule has 5 nitrogen and oxygen atoms in total. The number of nitrogens with zero attached hydrogens (tertiary/aromatic N) is 2. The van der Waals surface area contributed by atoms with Crippen LogP contribution in [0, 0.1) is 0 Å². The van der Waals surface area contributed by atoms with Gasteiger partial charge in [-0.25, -0.2) is 0 Å². The van der Waals surface area contributed by atoms with Crippen LogP contribution in [0.4, 0.5) is 0 Å². The third-order valence-corrected chi connectivity index (χ3v) is 4.08. The molecule has 0 radical (unpaired) electrons. The van der Waals surface area contributed by atoms with Crippen molar-refractivity contribution >= 4 is 27.7 Å². The zero-order valence-electron chi connectivity index (χ0n) is 9.99. The Bertz CT molecular complexity index is 535. The van der Waals surface area contributed by atoms with E-state index < -0.39 is 6.10 Å². The first-order chi connectivity index (χ1) is 9.20. The molecule has 0 fully saturated rings. The summed E-state index contributed by atoms with van der Waals surface area (Å²) in [5.41, 5.74) is 0.849. The summed E-state index contributed by atoms with van der Waals surface area (Å²) in [7, 11) is 0. The average Bonchev–Trinajstić information content (AvgIpc) is 2.87. The normalized spacial score (nSPS) is 12.6. The van der Waals surface area contributed by atoms with Crippen molar-refractivity contribution in [2.24, 2.45) is 0 Å². The van der Waals surface area contributed by atoms with E-state index in [-0.39, 0.29) is 6.61 Å². The van der Waals surface area contributed by atoms with Gasteiger partial charge in [-0.1, -0.05) is 12.1 Å². The van der Waals surface area contributed by atoms with E-state index in [1.807, 2.05) is 24.3 Å². The largest absolute Gasteiger partial charge is 0.420 e. The molecule has 1 unspecified atom stereocenters. The molecule has 1 aromatic heterocycles. The zero-order valence-corrected chi connectivity index (χ0v) is 12.4. The summed E-state index contributed by atoms with van der Waals surface area (Å²) in [5.74, 6) is 1.91. The molecule has 0 saturated carbocycles. The number of hydrogen-bond donors (Lipinski definition) is 2. The minimum Gasteiger partial charge on any atom is -0.420 e. The Hall–Kier alpha value is -0.890. The maximum Gasteiger partial charge on any atom is 0.248 e. The van der Waals surface area contributed by atoms with Crippen LogP contribution >= 0.6 is 27.7 Å². The van der Waals surface area contributed by atoms with Crippen molar-refractivity contribution in [3.8, 4) is 11.5 Å². The second-order valence-electron chi connectivity index (χ2n) is 3.83. The number of aliphatic hydroxyl groups is 2. The number of aromatic nitrogens is 2. The standard InChI is InChI=1S/C12H13BrN2O3S/c13-10-4-2-1-3-9(10)12-15-14-11(18-12)7-19-6-8(17)5-16/h1-4,8,16-17H,5-7H2. The van der Waals surface area contributed by atoms with E-state index in [9.17, 15) is 5.11 Å². The van der Waals surface area contributed by atoms with Crippen LogP contribution in [-0.4, -0.2) is 38.9 Å². The summed E-state index contributed by atoms with van der Waals surface area (Å²) in [6.07, 6.45) is -0.712. The van der Waals surface area contributed by atoms with Crippen LogP contribution in [0.1, 0.15) is 5.89 Å². The molecule has 0 aliphatic heterocycles. The molecule has 0 spiro atoms. The molecule has 0 amide bonds. The summed E-state index contributed by atoms with van der Waals surface area (Å²) in [6.45, 7) is -0.237. The molecule has 19 heavy (non-hydrogen) atoms. The summed E-state index contributed by atoms with van der Waals surface area (Å²) in [4.78, 5) is 0. The van der Waals surface area contributed by atoms with Gasteiger partial charge in [-0.2, -0.15) is 0 Å². The fourth-order valence-electron chi connectivity index (χ4n) is 1.39. The second-order valence-corrected chi connectivity index (χ2v) is 5.72. The lowest BCUT2D eigenvalue weighted by Crippen LogP contribution is -2.14. The van der Waals surface area contributed by atoms with Gasteiger partial charge < -0.3 is 14.6 Å². The Kier molecular flexibility index (Phi) is 5.38. The van der Waals surface area contributed by atoms with Crippen LogP contribution in [-0.2, 0) is 5.75 Å². The van der Waals surface area contributed by atoms with E-state index in [1.165, 1.54) is 11.8 Å². The van der Waals surface area contributed by atoms with Crippen LogP contribution < -0.4 is 0 Å². The minimum atomic E-state index is -0.712. The Labute approximate surface area is 123 Å². The maximum atomic E-state index is 9.21. The van der Waals surface area contributed by atoms with Crippen molar-refractivity contribution in [1.29, 1.82) is 0 Å². The molecule has 0 aliphatic carbocycles. The number of thioether (sulfide) groups is 1. The number of rotatable bonds is 6. The predicted molar refractivity (Wildman–Crippen MR) is 76.7 cm³/mol. The summed E-state index contributed by atoms with van der Waals surface area (Å²) >= 11 is 4.86. The Morgan fingerprint density at radius 2 is 2.11 bits per heavy atom. The fourth-order valence-corrected chi connectivity index (χ4v) is 2.63. The highest BCUT2D eigenvalue weighted by atomic mass is 79.9. The highest BCUT2D eigenvalue weighted by Crippen LogP contribution is 2.27. The Balaban J connectivity index is 1.98. The SMILES string of the molecule is OCC(O)CSCc1nnc(-c2ccccc2Br)o1. The van der Waals surface area contributed by atoms with Gasteiger partial charge in [0.2, 0.25) is 11.8 Å². The molecular weight excluding hydrogens is 332 g/mol. The highest BCUT2D eigenvalue weighted by molar-refractivity contribution is 9.10. The van der Waals surface area contributed by atoms with E-state index in [4.69, 9.17) is 9.52 Å². The second kappa shape index (κ2) is 7.04. The lowest BCUT2D eigenvalue weighted by molar-refractivity contribution is 0.113. The van der Waals surface area contributed by atoms with Gasteiger partial charge >= 0.3 is 0 Å². The number of halogens is 1. The van der Waals surface area contributed by atoms with Gasteiger partial charge in [-0.15, -0.1) is 22.0 Å². The molecular formula is C12H13BrN2O3S. The molecule has 0 saturated heterocycles. The lowest BCUT2D eigenvalue weighted by atomic mass is 10.2. The molecule has 102 valence electrons. The Morgan fingerprint density at radius 1 is 1.32 bits per heavy atom. The van der Waals surface area contributed by atoms with E-state index in [0.717, 1.165) is 10.0 Å². The molecule has 1 atom stereocenters. The number of aliphatic hydroxyl groups excluding tert-OH is 2. The van der Waals surface area contributed by atoms with Gasteiger partial charge in [0.25, 0.3) is 0 Å². The first-order valence-corrected chi connectivity index (χ1v) is 7.59. The van der Waals surface area contributed by atoms with Crippen LogP contribution in [0.25, 0.3) is 11.5 Å². The monoisotopic (exact) mass is 344 g/mol. The lowest BCUT2D eigenvalue weighted by Gasteiger charge is -2.03. The van der Waals surface area contributed by atoms with Crippen molar-refractivity contribution in [2.75, 3.05) is 12.4 Å². The van der Waals surface area contributed by atoms with Gasteiger partial charge in [0, 0.05) is 10.2 Å². The third kappa shape index (κ3) is 4.04. The molecule has 2 rings (SSSR count). The summed E-state index contributed by atoms with van der Waals surface area (Å²) in [6, 6.07) is 7.61. The van der Waals surface area contributed by atoms with Crippen LogP contribution in [0.5, 0.6) is 0 Å². The van der Waals surface area contributed by atoms with Crippen molar-refractivity contribution < 1.29 is 14.6 Å². The average molecular weight is 345 g/mol. The first-order valence-electron chi connectivity index (χ1n) is 5.64.